The van der Waals surface area contributed by atoms with Gasteiger partial charge in [0.15, 0.2) is 5.69 Å². The van der Waals surface area contributed by atoms with Crippen LogP contribution in [0.15, 0.2) is 72.8 Å². The molecule has 0 aliphatic rings. The van der Waals surface area contributed by atoms with Crippen LogP contribution in [0.2, 0.25) is 10.0 Å². The quantitative estimate of drug-likeness (QED) is 0.241. The zero-order valence-electron chi connectivity index (χ0n) is 18.0. The maximum Gasteiger partial charge on any atom is 0.435 e. The first-order valence-corrected chi connectivity index (χ1v) is 12.6. The Hall–Kier alpha value is -3.31. The molecule has 0 unspecified atom stereocenters. The second-order valence-corrected chi connectivity index (χ2v) is 10.0. The molecule has 1 aromatic heterocycles. The first-order valence-electron chi connectivity index (χ1n) is 10.3. The zero-order chi connectivity index (χ0) is 25.8. The molecule has 0 atom stereocenters. The van der Waals surface area contributed by atoms with Crippen LogP contribution in [0.1, 0.15) is 5.69 Å². The first-order chi connectivity index (χ1) is 16.9. The number of halogens is 5. The average Bonchev–Trinajstić information content (AvgIpc) is 3.26. The van der Waals surface area contributed by atoms with Gasteiger partial charge >= 0.3 is 6.18 Å². The third-order valence-electron chi connectivity index (χ3n) is 5.56. The van der Waals surface area contributed by atoms with Crippen LogP contribution in [-0.2, 0) is 16.4 Å². The van der Waals surface area contributed by atoms with Gasteiger partial charge in [0, 0.05) is 16.6 Å². The van der Waals surface area contributed by atoms with Crippen LogP contribution >= 0.6 is 23.2 Å². The molecule has 0 radical (unpaired) electrons. The molecule has 0 aliphatic heterocycles. The van der Waals surface area contributed by atoms with Crippen LogP contribution in [0.4, 0.5) is 18.9 Å². The number of aromatic nitrogens is 2. The lowest BCUT2D eigenvalue weighted by atomic mass is 9.95. The minimum absolute atomic E-state index is 0.142. The van der Waals surface area contributed by atoms with Crippen LogP contribution in [0.25, 0.3) is 38.5 Å². The van der Waals surface area contributed by atoms with Crippen molar-refractivity contribution in [1.29, 1.82) is 0 Å². The van der Waals surface area contributed by atoms with Crippen LogP contribution < -0.4 is 9.86 Å². The molecule has 5 aromatic rings. The van der Waals surface area contributed by atoms with Gasteiger partial charge in [-0.15, -0.1) is 0 Å². The number of nitrogens with zero attached hydrogens (tertiary/aromatic N) is 2. The lowest BCUT2D eigenvalue weighted by Gasteiger charge is -2.14. The highest BCUT2D eigenvalue weighted by Gasteiger charge is 2.35. The Kier molecular flexibility index (Phi) is 5.87. The summed E-state index contributed by atoms with van der Waals surface area (Å²) in [4.78, 5) is 0. The van der Waals surface area contributed by atoms with E-state index >= 15 is 0 Å². The summed E-state index contributed by atoms with van der Waals surface area (Å²) in [6, 6.07) is 18.9. The van der Waals surface area contributed by atoms with E-state index in [0.29, 0.717) is 21.4 Å². The van der Waals surface area contributed by atoms with Gasteiger partial charge in [0.2, 0.25) is 0 Å². The van der Waals surface area contributed by atoms with E-state index < -0.39 is 22.1 Å². The summed E-state index contributed by atoms with van der Waals surface area (Å²) in [5.41, 5.74) is -0.0725. The Labute approximate surface area is 213 Å². The lowest BCUT2D eigenvalue weighted by Crippen LogP contribution is -2.21. The molecule has 184 valence electrons. The summed E-state index contributed by atoms with van der Waals surface area (Å²) in [7, 11) is -4.02. The van der Waals surface area contributed by atoms with Crippen molar-refractivity contribution in [3.05, 3.63) is 88.5 Å². The number of alkyl halides is 3. The summed E-state index contributed by atoms with van der Waals surface area (Å²) in [6.07, 6.45) is -4.71. The molecule has 0 aliphatic carbocycles. The molecule has 5 rings (SSSR count). The molecule has 0 bridgehead atoms. The monoisotopic (exact) mass is 550 g/mol. The van der Waals surface area contributed by atoms with E-state index in [1.165, 1.54) is 24.3 Å². The van der Waals surface area contributed by atoms with Gasteiger partial charge in [0.05, 0.1) is 21.4 Å². The fourth-order valence-corrected chi connectivity index (χ4v) is 4.97. The van der Waals surface area contributed by atoms with Crippen molar-refractivity contribution in [1.82, 2.24) is 9.78 Å². The molecule has 1 heterocycles. The van der Waals surface area contributed by atoms with Crippen molar-refractivity contribution in [2.75, 3.05) is 4.72 Å². The smallest absolute Gasteiger partial charge is 0.271 e. The maximum atomic E-state index is 13.7. The number of hydrogen-bond donors (Lipinski definition) is 2. The molecule has 0 spiro atoms. The van der Waals surface area contributed by atoms with Crippen LogP contribution in [0.5, 0.6) is 0 Å². The Bertz CT molecular complexity index is 1750. The summed E-state index contributed by atoms with van der Waals surface area (Å²) in [6.45, 7) is 0. The second-order valence-electron chi connectivity index (χ2n) is 7.95. The molecule has 4 aromatic carbocycles. The summed E-state index contributed by atoms with van der Waals surface area (Å²) in [5, 5.41) is 12.2. The van der Waals surface area contributed by atoms with E-state index in [1.54, 1.807) is 18.2 Å². The molecular formula is C24H15Cl2F3N4O2S. The highest BCUT2D eigenvalue weighted by molar-refractivity contribution is 7.90. The van der Waals surface area contributed by atoms with E-state index in [1.807, 2.05) is 24.3 Å². The fourth-order valence-electron chi connectivity index (χ4n) is 4.08. The van der Waals surface area contributed by atoms with Gasteiger partial charge in [-0.05, 0) is 58.6 Å². The summed E-state index contributed by atoms with van der Waals surface area (Å²) in [5.74, 6) is 0. The Balaban J connectivity index is 1.80. The normalized spacial score (nSPS) is 12.4. The fraction of sp³-hybridized carbons (Fsp3) is 0.0417. The number of hydrogen-bond acceptors (Lipinski definition) is 3. The first kappa shape index (κ1) is 24.4. The maximum absolute atomic E-state index is 13.7. The largest absolute Gasteiger partial charge is 0.435 e. The number of fused-ring (bicyclic) bond motifs is 3. The molecule has 12 heteroatoms. The van der Waals surface area contributed by atoms with Crippen molar-refractivity contribution in [2.45, 2.75) is 6.18 Å². The molecule has 0 amide bonds. The highest BCUT2D eigenvalue weighted by Crippen LogP contribution is 2.42. The minimum atomic E-state index is -4.71. The minimum Gasteiger partial charge on any atom is -0.271 e. The summed E-state index contributed by atoms with van der Waals surface area (Å²) < 4.78 is 67.1. The van der Waals surface area contributed by atoms with Crippen molar-refractivity contribution >= 4 is 60.6 Å². The van der Waals surface area contributed by atoms with Gasteiger partial charge in [-0.3, -0.25) is 4.72 Å². The lowest BCUT2D eigenvalue weighted by molar-refractivity contribution is -0.141. The number of anilines is 1. The molecule has 36 heavy (non-hydrogen) atoms. The highest BCUT2D eigenvalue weighted by atomic mass is 35.5. The van der Waals surface area contributed by atoms with Gasteiger partial charge in [0.1, 0.15) is 0 Å². The zero-order valence-corrected chi connectivity index (χ0v) is 20.3. The SMILES string of the molecule is NS(=O)(=O)Nc1ccc(-n2nc(C(F)(F)F)cc2-c2cc3ccccc3c3c(Cl)c(Cl)ccc23)cc1. The predicted octanol–water partition coefficient (Wildman–Crippen LogP) is 6.79. The Morgan fingerprint density at radius 1 is 0.917 bits per heavy atom. The van der Waals surface area contributed by atoms with E-state index in [4.69, 9.17) is 28.3 Å². The number of benzene rings is 4. The second kappa shape index (κ2) is 8.67. The average molecular weight is 551 g/mol. The summed E-state index contributed by atoms with van der Waals surface area (Å²) >= 11 is 12.9. The Morgan fingerprint density at radius 3 is 2.28 bits per heavy atom. The molecule has 0 saturated heterocycles. The van der Waals surface area contributed by atoms with Crippen molar-refractivity contribution in [2.24, 2.45) is 5.14 Å². The third kappa shape index (κ3) is 4.48. The van der Waals surface area contributed by atoms with Gasteiger partial charge in [-0.25, -0.2) is 9.82 Å². The van der Waals surface area contributed by atoms with Crippen LogP contribution in [0.3, 0.4) is 0 Å². The number of nitrogens with two attached hydrogens (primary N) is 1. The van der Waals surface area contributed by atoms with E-state index in [-0.39, 0.29) is 22.1 Å². The topological polar surface area (TPSA) is 90.0 Å². The van der Waals surface area contributed by atoms with Crippen molar-refractivity contribution in [3.63, 3.8) is 0 Å². The predicted molar refractivity (Wildman–Crippen MR) is 136 cm³/mol. The van der Waals surface area contributed by atoms with Gasteiger partial charge < -0.3 is 0 Å². The number of rotatable bonds is 4. The molecule has 0 saturated carbocycles. The van der Waals surface area contributed by atoms with Gasteiger partial charge in [0.25, 0.3) is 10.2 Å². The Morgan fingerprint density at radius 2 is 1.61 bits per heavy atom. The molecule has 0 fully saturated rings. The van der Waals surface area contributed by atoms with Crippen LogP contribution in [-0.4, -0.2) is 18.2 Å². The van der Waals surface area contributed by atoms with Crippen molar-refractivity contribution in [3.8, 4) is 16.9 Å². The molecule has 3 N–H and O–H groups in total. The number of nitrogens with one attached hydrogen (secondary N) is 1. The van der Waals surface area contributed by atoms with E-state index in [9.17, 15) is 21.6 Å². The molecule has 6 nitrogen and oxygen atoms in total. The van der Waals surface area contributed by atoms with E-state index in [2.05, 4.69) is 9.82 Å². The standard InChI is InChI=1S/C24H15Cl2F3N4O2S/c25-19-10-9-17-18(11-13-3-1-2-4-16(13)22(17)23(19)26)20-12-21(24(27,28)29)31-33(20)15-7-5-14(6-8-15)32-36(30,34)35/h1-12,32H,(H2,30,34,35). The van der Waals surface area contributed by atoms with Gasteiger partial charge in [-0.1, -0.05) is 53.5 Å². The van der Waals surface area contributed by atoms with Crippen molar-refractivity contribution < 1.29 is 21.6 Å². The third-order valence-corrected chi connectivity index (χ3v) is 6.89. The van der Waals surface area contributed by atoms with Gasteiger partial charge in [-0.2, -0.15) is 26.7 Å². The molecular weight excluding hydrogens is 536 g/mol. The van der Waals surface area contributed by atoms with Crippen LogP contribution in [0, 0.1) is 0 Å². The van der Waals surface area contributed by atoms with E-state index in [0.717, 1.165) is 21.5 Å².